The van der Waals surface area contributed by atoms with Crippen molar-refractivity contribution in [3.05, 3.63) is 63.3 Å². The monoisotopic (exact) mass is 388 g/mol. The average Bonchev–Trinajstić information content (AvgIpc) is 3.32. The number of furan rings is 1. The zero-order valence-corrected chi connectivity index (χ0v) is 17.0. The van der Waals surface area contributed by atoms with Gasteiger partial charge in [-0.05, 0) is 61.1 Å². The third kappa shape index (κ3) is 3.15. The van der Waals surface area contributed by atoms with Crippen molar-refractivity contribution in [1.82, 2.24) is 10.3 Å². The molecule has 0 bridgehead atoms. The summed E-state index contributed by atoms with van der Waals surface area (Å²) < 4.78 is 11.8. The SMILES string of the molecule is Cc1ncc(CNC(C)C)c2cc(-c3cc(=O)oc4cc5c(cc34)CCC5)oc12. The maximum atomic E-state index is 12.3. The van der Waals surface area contributed by atoms with Crippen molar-refractivity contribution >= 4 is 21.9 Å². The number of hydrogen-bond acceptors (Lipinski definition) is 5. The summed E-state index contributed by atoms with van der Waals surface area (Å²) in [4.78, 5) is 16.8. The number of nitrogens with one attached hydrogen (secondary N) is 1. The fourth-order valence-corrected chi connectivity index (χ4v) is 4.22. The lowest BCUT2D eigenvalue weighted by atomic mass is 10.0. The van der Waals surface area contributed by atoms with Crippen LogP contribution in [-0.4, -0.2) is 11.0 Å². The van der Waals surface area contributed by atoms with E-state index in [1.54, 1.807) is 0 Å². The molecule has 3 aromatic heterocycles. The van der Waals surface area contributed by atoms with Crippen LogP contribution in [0.1, 0.15) is 42.7 Å². The smallest absolute Gasteiger partial charge is 0.336 e. The second kappa shape index (κ2) is 6.85. The molecule has 1 aromatic carbocycles. The predicted octanol–water partition coefficient (Wildman–Crippen LogP) is 4.90. The highest BCUT2D eigenvalue weighted by Gasteiger charge is 2.19. The number of nitrogens with zero attached hydrogens (tertiary/aromatic N) is 1. The van der Waals surface area contributed by atoms with E-state index in [0.29, 0.717) is 23.9 Å². The standard InChI is InChI=1S/C24H24N2O3/c1-13(2)25-11-17-12-26-14(3)24-18(17)9-22(29-24)20-10-23(27)28-21-8-16-6-4-5-15(16)7-19(20)21/h7-10,12-13,25H,4-6,11H2,1-3H3. The predicted molar refractivity (Wildman–Crippen MR) is 114 cm³/mol. The molecule has 5 rings (SSSR count). The minimum atomic E-state index is -0.359. The van der Waals surface area contributed by atoms with Gasteiger partial charge in [0.1, 0.15) is 11.3 Å². The van der Waals surface area contributed by atoms with Crippen LogP contribution in [0.4, 0.5) is 0 Å². The molecule has 5 nitrogen and oxygen atoms in total. The van der Waals surface area contributed by atoms with Crippen LogP contribution in [0.5, 0.6) is 0 Å². The summed E-state index contributed by atoms with van der Waals surface area (Å²) in [5, 5.41) is 5.40. The number of aryl methyl sites for hydroxylation is 3. The maximum absolute atomic E-state index is 12.3. The molecule has 1 aliphatic rings. The van der Waals surface area contributed by atoms with Crippen molar-refractivity contribution < 1.29 is 8.83 Å². The number of pyridine rings is 1. The van der Waals surface area contributed by atoms with Gasteiger partial charge in [-0.25, -0.2) is 4.79 Å². The van der Waals surface area contributed by atoms with E-state index < -0.39 is 0 Å². The summed E-state index contributed by atoms with van der Waals surface area (Å²) >= 11 is 0. The van der Waals surface area contributed by atoms with Crippen molar-refractivity contribution in [3.63, 3.8) is 0 Å². The molecule has 29 heavy (non-hydrogen) atoms. The molecule has 0 saturated heterocycles. The highest BCUT2D eigenvalue weighted by molar-refractivity contribution is 5.96. The molecule has 5 heteroatoms. The molecule has 0 atom stereocenters. The maximum Gasteiger partial charge on any atom is 0.336 e. The van der Waals surface area contributed by atoms with Gasteiger partial charge in [0, 0.05) is 41.2 Å². The Morgan fingerprint density at radius 3 is 2.66 bits per heavy atom. The summed E-state index contributed by atoms with van der Waals surface area (Å²) in [6, 6.07) is 8.13. The first-order valence-electron chi connectivity index (χ1n) is 10.2. The van der Waals surface area contributed by atoms with Crippen LogP contribution in [-0.2, 0) is 19.4 Å². The number of aromatic nitrogens is 1. The fourth-order valence-electron chi connectivity index (χ4n) is 4.22. The Balaban J connectivity index is 1.71. The number of fused-ring (bicyclic) bond motifs is 3. The molecule has 0 fully saturated rings. The quantitative estimate of drug-likeness (QED) is 0.504. The Bertz CT molecular complexity index is 1300. The van der Waals surface area contributed by atoms with E-state index in [-0.39, 0.29) is 5.63 Å². The molecule has 0 saturated carbocycles. The second-order valence-electron chi connectivity index (χ2n) is 8.21. The van der Waals surface area contributed by atoms with Gasteiger partial charge in [-0.2, -0.15) is 0 Å². The van der Waals surface area contributed by atoms with Crippen molar-refractivity contribution in [2.75, 3.05) is 0 Å². The van der Waals surface area contributed by atoms with Crippen LogP contribution in [0.25, 0.3) is 33.3 Å². The Kier molecular flexibility index (Phi) is 4.28. The van der Waals surface area contributed by atoms with Crippen LogP contribution in [0.3, 0.4) is 0 Å². The first-order valence-corrected chi connectivity index (χ1v) is 10.2. The highest BCUT2D eigenvalue weighted by Crippen LogP contribution is 2.36. The van der Waals surface area contributed by atoms with Crippen molar-refractivity contribution in [2.24, 2.45) is 0 Å². The largest absolute Gasteiger partial charge is 0.454 e. The number of hydrogen-bond donors (Lipinski definition) is 1. The van der Waals surface area contributed by atoms with E-state index in [9.17, 15) is 4.79 Å². The lowest BCUT2D eigenvalue weighted by molar-refractivity contribution is 0.559. The van der Waals surface area contributed by atoms with Gasteiger partial charge in [0.05, 0.1) is 5.69 Å². The lowest BCUT2D eigenvalue weighted by Crippen LogP contribution is -2.22. The third-order valence-corrected chi connectivity index (χ3v) is 5.74. The molecule has 1 N–H and O–H groups in total. The van der Waals surface area contributed by atoms with E-state index in [2.05, 4.69) is 30.2 Å². The van der Waals surface area contributed by atoms with Gasteiger partial charge in [-0.3, -0.25) is 4.98 Å². The van der Waals surface area contributed by atoms with Crippen LogP contribution in [0.2, 0.25) is 0 Å². The van der Waals surface area contributed by atoms with Gasteiger partial charge < -0.3 is 14.2 Å². The summed E-state index contributed by atoms with van der Waals surface area (Å²) in [6.07, 6.45) is 5.16. The summed E-state index contributed by atoms with van der Waals surface area (Å²) in [6.45, 7) is 6.89. The number of rotatable bonds is 4. The summed E-state index contributed by atoms with van der Waals surface area (Å²) in [7, 11) is 0. The molecular formula is C24H24N2O3. The Morgan fingerprint density at radius 2 is 1.86 bits per heavy atom. The summed E-state index contributed by atoms with van der Waals surface area (Å²) in [5.74, 6) is 0.678. The van der Waals surface area contributed by atoms with Gasteiger partial charge >= 0.3 is 5.63 Å². The van der Waals surface area contributed by atoms with E-state index in [4.69, 9.17) is 8.83 Å². The molecule has 0 amide bonds. The van der Waals surface area contributed by atoms with Crippen molar-refractivity contribution in [2.45, 2.75) is 52.6 Å². The van der Waals surface area contributed by atoms with Crippen LogP contribution >= 0.6 is 0 Å². The van der Waals surface area contributed by atoms with E-state index in [1.165, 1.54) is 17.2 Å². The van der Waals surface area contributed by atoms with Crippen LogP contribution < -0.4 is 10.9 Å². The minimum Gasteiger partial charge on any atom is -0.454 e. The zero-order chi connectivity index (χ0) is 20.1. The van der Waals surface area contributed by atoms with Crippen molar-refractivity contribution in [3.8, 4) is 11.3 Å². The third-order valence-electron chi connectivity index (χ3n) is 5.74. The van der Waals surface area contributed by atoms with Crippen LogP contribution in [0, 0.1) is 6.92 Å². The normalized spacial score (nSPS) is 13.7. The van der Waals surface area contributed by atoms with E-state index >= 15 is 0 Å². The zero-order valence-electron chi connectivity index (χ0n) is 17.0. The first-order chi connectivity index (χ1) is 14.0. The van der Waals surface area contributed by atoms with Crippen LogP contribution in [0.15, 0.2) is 44.1 Å². The van der Waals surface area contributed by atoms with Gasteiger partial charge in [-0.1, -0.05) is 13.8 Å². The van der Waals surface area contributed by atoms with Gasteiger partial charge in [-0.15, -0.1) is 0 Å². The Morgan fingerprint density at radius 1 is 1.07 bits per heavy atom. The highest BCUT2D eigenvalue weighted by atomic mass is 16.4. The van der Waals surface area contributed by atoms with E-state index in [0.717, 1.165) is 52.4 Å². The average molecular weight is 388 g/mol. The van der Waals surface area contributed by atoms with Crippen molar-refractivity contribution in [1.29, 1.82) is 0 Å². The fraction of sp³-hybridized carbons (Fsp3) is 0.333. The molecule has 4 aromatic rings. The summed E-state index contributed by atoms with van der Waals surface area (Å²) in [5.41, 5.74) is 6.37. The topological polar surface area (TPSA) is 68.3 Å². The van der Waals surface area contributed by atoms with Gasteiger partial charge in [0.25, 0.3) is 0 Å². The van der Waals surface area contributed by atoms with E-state index in [1.807, 2.05) is 25.3 Å². The molecule has 0 spiro atoms. The molecule has 148 valence electrons. The lowest BCUT2D eigenvalue weighted by Gasteiger charge is -2.08. The molecule has 1 aliphatic carbocycles. The van der Waals surface area contributed by atoms with Gasteiger partial charge in [0.15, 0.2) is 5.58 Å². The first kappa shape index (κ1) is 18.1. The molecular weight excluding hydrogens is 364 g/mol. The molecule has 0 unspecified atom stereocenters. The molecule has 0 radical (unpaired) electrons. The second-order valence-corrected chi connectivity index (χ2v) is 8.21. The number of benzene rings is 1. The molecule has 0 aliphatic heterocycles. The Labute approximate surface area is 168 Å². The van der Waals surface area contributed by atoms with Gasteiger partial charge in [0.2, 0.25) is 0 Å². The molecule has 3 heterocycles. The minimum absolute atomic E-state index is 0.359. The Hall–Kier alpha value is -2.92.